The van der Waals surface area contributed by atoms with Crippen LogP contribution in [0.25, 0.3) is 0 Å². The van der Waals surface area contributed by atoms with Crippen molar-refractivity contribution in [1.29, 1.82) is 0 Å². The summed E-state index contributed by atoms with van der Waals surface area (Å²) in [6, 6.07) is 3.33. The number of benzene rings is 1. The van der Waals surface area contributed by atoms with Gasteiger partial charge in [-0.25, -0.2) is 0 Å². The van der Waals surface area contributed by atoms with Crippen LogP contribution in [0.2, 0.25) is 10.0 Å². The van der Waals surface area contributed by atoms with Crippen LogP contribution >= 0.6 is 35.0 Å². The molecule has 1 amide bonds. The number of thioether (sulfide) groups is 1. The number of nitrogens with one attached hydrogen (secondary N) is 1. The fourth-order valence-electron chi connectivity index (χ4n) is 1.86. The van der Waals surface area contributed by atoms with Gasteiger partial charge < -0.3 is 11.1 Å². The van der Waals surface area contributed by atoms with Crippen molar-refractivity contribution in [2.45, 2.75) is 18.9 Å². The Bertz CT molecular complexity index is 438. The monoisotopic (exact) mass is 304 g/mol. The summed E-state index contributed by atoms with van der Waals surface area (Å²) >= 11 is 13.6. The third-order valence-electron chi connectivity index (χ3n) is 2.81. The van der Waals surface area contributed by atoms with E-state index in [1.165, 1.54) is 5.75 Å². The molecule has 0 bridgehead atoms. The van der Waals surface area contributed by atoms with E-state index in [1.54, 1.807) is 12.1 Å². The first-order valence-corrected chi connectivity index (χ1v) is 7.62. The Balaban J connectivity index is 2.08. The lowest BCUT2D eigenvalue weighted by Crippen LogP contribution is -2.38. The molecule has 3 nitrogen and oxygen atoms in total. The van der Waals surface area contributed by atoms with Crippen molar-refractivity contribution >= 4 is 46.6 Å². The topological polar surface area (TPSA) is 55.1 Å². The first kappa shape index (κ1) is 13.8. The molecule has 2 rings (SSSR count). The van der Waals surface area contributed by atoms with Gasteiger partial charge >= 0.3 is 0 Å². The van der Waals surface area contributed by atoms with Crippen molar-refractivity contribution in [3.63, 3.8) is 0 Å². The minimum Gasteiger partial charge on any atom is -0.397 e. The highest BCUT2D eigenvalue weighted by molar-refractivity contribution is 7.99. The molecule has 0 saturated carbocycles. The molecule has 3 N–H and O–H groups in total. The van der Waals surface area contributed by atoms with Gasteiger partial charge in [-0.15, -0.1) is 0 Å². The van der Waals surface area contributed by atoms with Crippen LogP contribution in [-0.2, 0) is 0 Å². The molecule has 18 heavy (non-hydrogen) atoms. The molecule has 0 spiro atoms. The molecule has 1 fully saturated rings. The first-order chi connectivity index (χ1) is 8.58. The van der Waals surface area contributed by atoms with E-state index in [2.05, 4.69) is 5.32 Å². The second-order valence-electron chi connectivity index (χ2n) is 4.25. The van der Waals surface area contributed by atoms with Gasteiger partial charge in [0.2, 0.25) is 0 Å². The summed E-state index contributed by atoms with van der Waals surface area (Å²) in [6.45, 7) is 0. The molecule has 1 aliphatic heterocycles. The molecule has 98 valence electrons. The van der Waals surface area contributed by atoms with Crippen molar-refractivity contribution in [3.8, 4) is 0 Å². The number of carbonyl (C=O) groups is 1. The van der Waals surface area contributed by atoms with Gasteiger partial charge in [-0.05, 0) is 30.7 Å². The summed E-state index contributed by atoms with van der Waals surface area (Å²) in [4.78, 5) is 12.1. The van der Waals surface area contributed by atoms with Gasteiger partial charge in [0.05, 0.1) is 15.7 Å². The Kier molecular flexibility index (Phi) is 4.65. The minimum absolute atomic E-state index is 0.146. The van der Waals surface area contributed by atoms with Crippen molar-refractivity contribution in [2.24, 2.45) is 0 Å². The van der Waals surface area contributed by atoms with Gasteiger partial charge in [0.15, 0.2) is 0 Å². The maximum Gasteiger partial charge on any atom is 0.251 e. The number of nitrogen functional groups attached to an aromatic ring is 1. The van der Waals surface area contributed by atoms with Crippen LogP contribution in [0.5, 0.6) is 0 Å². The van der Waals surface area contributed by atoms with E-state index < -0.39 is 0 Å². The molecule has 6 heteroatoms. The molecule has 0 aromatic heterocycles. The zero-order valence-electron chi connectivity index (χ0n) is 9.71. The lowest BCUT2D eigenvalue weighted by molar-refractivity contribution is 0.0938. The van der Waals surface area contributed by atoms with E-state index in [4.69, 9.17) is 28.9 Å². The van der Waals surface area contributed by atoms with Gasteiger partial charge in [-0.1, -0.05) is 23.2 Å². The quantitative estimate of drug-likeness (QED) is 0.825. The van der Waals surface area contributed by atoms with Crippen LogP contribution < -0.4 is 11.1 Å². The van der Waals surface area contributed by atoms with Gasteiger partial charge in [-0.2, -0.15) is 11.8 Å². The van der Waals surface area contributed by atoms with Crippen LogP contribution in [0.15, 0.2) is 12.1 Å². The predicted octanol–water partition coefficient (Wildman–Crippen LogP) is 3.20. The molecular weight excluding hydrogens is 291 g/mol. The molecule has 1 aliphatic rings. The number of hydrogen-bond donors (Lipinski definition) is 2. The van der Waals surface area contributed by atoms with Crippen molar-refractivity contribution in [2.75, 3.05) is 17.2 Å². The van der Waals surface area contributed by atoms with E-state index in [0.29, 0.717) is 21.3 Å². The van der Waals surface area contributed by atoms with E-state index in [1.807, 2.05) is 11.8 Å². The number of carbonyl (C=O) groups excluding carboxylic acids is 1. The summed E-state index contributed by atoms with van der Waals surface area (Å²) in [7, 11) is 0. The molecule has 1 saturated heterocycles. The lowest BCUT2D eigenvalue weighted by atomic mass is 10.1. The van der Waals surface area contributed by atoms with Crippen LogP contribution in [0, 0.1) is 0 Å². The highest BCUT2D eigenvalue weighted by atomic mass is 35.5. The summed E-state index contributed by atoms with van der Waals surface area (Å²) in [5.74, 6) is 1.99. The molecular formula is C12H14Cl2N2OS. The van der Waals surface area contributed by atoms with Crippen LogP contribution in [0.3, 0.4) is 0 Å². The Morgan fingerprint density at radius 1 is 1.44 bits per heavy atom. The van der Waals surface area contributed by atoms with Crippen LogP contribution in [-0.4, -0.2) is 23.5 Å². The molecule has 0 radical (unpaired) electrons. The normalized spacial score (nSPS) is 19.6. The van der Waals surface area contributed by atoms with Crippen molar-refractivity contribution in [3.05, 3.63) is 27.7 Å². The van der Waals surface area contributed by atoms with E-state index in [0.717, 1.165) is 18.6 Å². The zero-order valence-corrected chi connectivity index (χ0v) is 12.0. The smallest absolute Gasteiger partial charge is 0.251 e. The third-order valence-corrected chi connectivity index (χ3v) is 4.85. The summed E-state index contributed by atoms with van der Waals surface area (Å²) in [6.07, 6.45) is 2.16. The second-order valence-corrected chi connectivity index (χ2v) is 6.18. The summed E-state index contributed by atoms with van der Waals surface area (Å²) in [5, 5.41) is 3.59. The van der Waals surface area contributed by atoms with Gasteiger partial charge in [-0.3, -0.25) is 4.79 Å². The van der Waals surface area contributed by atoms with Crippen molar-refractivity contribution < 1.29 is 4.79 Å². The molecule has 1 aromatic rings. The van der Waals surface area contributed by atoms with Crippen LogP contribution in [0.4, 0.5) is 5.69 Å². The molecule has 0 aliphatic carbocycles. The lowest BCUT2D eigenvalue weighted by Gasteiger charge is -2.22. The van der Waals surface area contributed by atoms with Crippen LogP contribution in [0.1, 0.15) is 23.2 Å². The fraction of sp³-hybridized carbons (Fsp3) is 0.417. The highest BCUT2D eigenvalue weighted by Crippen LogP contribution is 2.29. The van der Waals surface area contributed by atoms with Crippen molar-refractivity contribution in [1.82, 2.24) is 5.32 Å². The number of hydrogen-bond acceptors (Lipinski definition) is 3. The zero-order chi connectivity index (χ0) is 13.1. The molecule has 1 atom stereocenters. The summed E-state index contributed by atoms with van der Waals surface area (Å²) < 4.78 is 0. The Morgan fingerprint density at radius 2 is 2.22 bits per heavy atom. The number of anilines is 1. The fourth-order valence-corrected chi connectivity index (χ4v) is 3.27. The number of amides is 1. The van der Waals surface area contributed by atoms with Gasteiger partial charge in [0.25, 0.3) is 5.91 Å². The number of rotatable bonds is 2. The predicted molar refractivity (Wildman–Crippen MR) is 78.7 cm³/mol. The summed E-state index contributed by atoms with van der Waals surface area (Å²) in [5.41, 5.74) is 6.47. The average Bonchev–Trinajstić information content (AvgIpc) is 2.36. The second kappa shape index (κ2) is 6.04. The molecule has 1 aromatic carbocycles. The maximum atomic E-state index is 12.1. The first-order valence-electron chi connectivity index (χ1n) is 5.71. The largest absolute Gasteiger partial charge is 0.397 e. The number of nitrogens with two attached hydrogens (primary N) is 1. The number of halogens is 2. The Labute approximate surface area is 120 Å². The Morgan fingerprint density at radius 3 is 2.83 bits per heavy atom. The molecule has 1 unspecified atom stereocenters. The SMILES string of the molecule is Nc1cc(C(=O)NC2CCCSC2)cc(Cl)c1Cl. The minimum atomic E-state index is -0.146. The van der Waals surface area contributed by atoms with Gasteiger partial charge in [0.1, 0.15) is 0 Å². The highest BCUT2D eigenvalue weighted by Gasteiger charge is 2.18. The maximum absolute atomic E-state index is 12.1. The average molecular weight is 305 g/mol. The standard InChI is InChI=1S/C12H14Cl2N2OS/c13-9-4-7(5-10(15)11(9)14)12(17)16-8-2-1-3-18-6-8/h4-5,8H,1-3,6,15H2,(H,16,17). The molecule has 1 heterocycles. The van der Waals surface area contributed by atoms with E-state index in [-0.39, 0.29) is 11.9 Å². The third kappa shape index (κ3) is 3.25. The van der Waals surface area contributed by atoms with E-state index >= 15 is 0 Å². The van der Waals surface area contributed by atoms with Gasteiger partial charge in [0, 0.05) is 17.4 Å². The Hall–Kier alpha value is -0.580. The van der Waals surface area contributed by atoms with E-state index in [9.17, 15) is 4.79 Å².